The van der Waals surface area contributed by atoms with Crippen LogP contribution in [-0.2, 0) is 4.79 Å². The molecule has 0 fully saturated rings. The monoisotopic (exact) mass is 272 g/mol. The van der Waals surface area contributed by atoms with Crippen LogP contribution in [0.2, 0.25) is 0 Å². The number of carboxylic acid groups (broad SMARTS) is 1. The Balaban J connectivity index is 3.45. The van der Waals surface area contributed by atoms with Gasteiger partial charge in [-0.1, -0.05) is 51.9 Å². The predicted octanol–water partition coefficient (Wildman–Crippen LogP) is 2.91. The van der Waals surface area contributed by atoms with Crippen molar-refractivity contribution in [1.29, 1.82) is 0 Å². The molecule has 0 heterocycles. The zero-order chi connectivity index (χ0) is 14.3. The third kappa shape index (κ3) is 12.2. The lowest BCUT2D eigenvalue weighted by Crippen LogP contribution is -2.37. The minimum absolute atomic E-state index is 0.397. The molecule has 0 spiro atoms. The molecule has 114 valence electrons. The van der Waals surface area contributed by atoms with E-state index >= 15 is 0 Å². The van der Waals surface area contributed by atoms with E-state index in [0.29, 0.717) is 13.0 Å². The summed E-state index contributed by atoms with van der Waals surface area (Å²) in [5.41, 5.74) is 5.41. The number of carbonyl (C=O) groups is 1. The Morgan fingerprint density at radius 2 is 1.68 bits per heavy atom. The van der Waals surface area contributed by atoms with Gasteiger partial charge >= 0.3 is 5.97 Å². The van der Waals surface area contributed by atoms with Crippen LogP contribution in [0.3, 0.4) is 0 Å². The second-order valence-electron chi connectivity index (χ2n) is 5.25. The molecule has 0 amide bonds. The van der Waals surface area contributed by atoms with Crippen molar-refractivity contribution in [3.8, 4) is 0 Å². The van der Waals surface area contributed by atoms with Crippen molar-refractivity contribution in [3.05, 3.63) is 0 Å². The largest absolute Gasteiger partial charge is 0.480 e. The lowest BCUT2D eigenvalue weighted by molar-refractivity contribution is -0.139. The highest BCUT2D eigenvalue weighted by Gasteiger charge is 2.15. The molecule has 0 aromatic heterocycles. The molecular weight excluding hydrogens is 240 g/mol. The van der Waals surface area contributed by atoms with E-state index in [9.17, 15) is 4.79 Å². The fraction of sp³-hybridized carbons (Fsp3) is 0.933. The highest BCUT2D eigenvalue weighted by molar-refractivity contribution is 5.73. The van der Waals surface area contributed by atoms with Crippen LogP contribution in [0.4, 0.5) is 0 Å². The Morgan fingerprint density at radius 3 is 2.26 bits per heavy atom. The molecule has 4 heteroatoms. The quantitative estimate of drug-likeness (QED) is 0.425. The summed E-state index contributed by atoms with van der Waals surface area (Å²) in [6.07, 6.45) is 11.3. The highest BCUT2D eigenvalue weighted by atomic mass is 16.4. The SMILES string of the molecule is CCCCCCCCCN[C@@H](CCCCN)C(=O)O. The second-order valence-corrected chi connectivity index (χ2v) is 5.25. The molecule has 0 saturated carbocycles. The van der Waals surface area contributed by atoms with Crippen LogP contribution in [0.5, 0.6) is 0 Å². The first-order valence-corrected chi connectivity index (χ1v) is 7.88. The summed E-state index contributed by atoms with van der Waals surface area (Å²) < 4.78 is 0. The van der Waals surface area contributed by atoms with Crippen LogP contribution >= 0.6 is 0 Å². The number of aliphatic carboxylic acids is 1. The Bertz CT molecular complexity index is 210. The molecule has 4 N–H and O–H groups in total. The minimum Gasteiger partial charge on any atom is -0.480 e. The van der Waals surface area contributed by atoms with Gasteiger partial charge in [0.25, 0.3) is 0 Å². The number of nitrogens with two attached hydrogens (primary N) is 1. The molecule has 4 nitrogen and oxygen atoms in total. The third-order valence-corrected chi connectivity index (χ3v) is 3.42. The highest BCUT2D eigenvalue weighted by Crippen LogP contribution is 2.07. The van der Waals surface area contributed by atoms with E-state index in [4.69, 9.17) is 10.8 Å². The van der Waals surface area contributed by atoms with Crippen molar-refractivity contribution in [2.45, 2.75) is 77.2 Å². The second kappa shape index (κ2) is 13.8. The molecule has 0 rings (SSSR count). The molecule has 19 heavy (non-hydrogen) atoms. The van der Waals surface area contributed by atoms with Crippen LogP contribution in [-0.4, -0.2) is 30.2 Å². The Kier molecular flexibility index (Phi) is 13.4. The summed E-state index contributed by atoms with van der Waals surface area (Å²) in [5, 5.41) is 12.2. The van der Waals surface area contributed by atoms with E-state index in [1.807, 2.05) is 0 Å². The topological polar surface area (TPSA) is 75.3 Å². The van der Waals surface area contributed by atoms with Crippen molar-refractivity contribution in [3.63, 3.8) is 0 Å². The predicted molar refractivity (Wildman–Crippen MR) is 80.3 cm³/mol. The van der Waals surface area contributed by atoms with Gasteiger partial charge in [0, 0.05) is 0 Å². The summed E-state index contributed by atoms with van der Waals surface area (Å²) >= 11 is 0. The van der Waals surface area contributed by atoms with Crippen molar-refractivity contribution in [2.75, 3.05) is 13.1 Å². The normalized spacial score (nSPS) is 12.5. The average molecular weight is 272 g/mol. The van der Waals surface area contributed by atoms with Crippen LogP contribution in [0.25, 0.3) is 0 Å². The van der Waals surface area contributed by atoms with Gasteiger partial charge in [-0.05, 0) is 32.4 Å². The summed E-state index contributed by atoms with van der Waals surface area (Å²) in [5.74, 6) is -0.736. The molecule has 1 atom stereocenters. The number of rotatable bonds is 14. The molecule has 0 aromatic rings. The molecule has 0 bridgehead atoms. The zero-order valence-corrected chi connectivity index (χ0v) is 12.5. The maximum atomic E-state index is 11.0. The van der Waals surface area contributed by atoms with Crippen LogP contribution in [0, 0.1) is 0 Å². The average Bonchev–Trinajstić information content (AvgIpc) is 2.39. The minimum atomic E-state index is -0.736. The first-order valence-electron chi connectivity index (χ1n) is 7.88. The van der Waals surface area contributed by atoms with E-state index < -0.39 is 12.0 Å². The van der Waals surface area contributed by atoms with Crippen molar-refractivity contribution in [2.24, 2.45) is 5.73 Å². The van der Waals surface area contributed by atoms with E-state index in [1.165, 1.54) is 38.5 Å². The fourth-order valence-electron chi connectivity index (χ4n) is 2.16. The Hall–Kier alpha value is -0.610. The van der Waals surface area contributed by atoms with Gasteiger partial charge in [0.2, 0.25) is 0 Å². The van der Waals surface area contributed by atoms with Crippen molar-refractivity contribution in [1.82, 2.24) is 5.32 Å². The summed E-state index contributed by atoms with van der Waals surface area (Å²) in [7, 11) is 0. The lowest BCUT2D eigenvalue weighted by atomic mass is 10.1. The van der Waals surface area contributed by atoms with E-state index in [-0.39, 0.29) is 0 Å². The summed E-state index contributed by atoms with van der Waals surface area (Å²) in [4.78, 5) is 11.0. The molecule has 0 aliphatic heterocycles. The van der Waals surface area contributed by atoms with Gasteiger partial charge in [-0.15, -0.1) is 0 Å². The third-order valence-electron chi connectivity index (χ3n) is 3.42. The van der Waals surface area contributed by atoms with Gasteiger partial charge in [-0.25, -0.2) is 0 Å². The first kappa shape index (κ1) is 18.4. The lowest BCUT2D eigenvalue weighted by Gasteiger charge is -2.14. The molecular formula is C15H32N2O2. The Morgan fingerprint density at radius 1 is 1.05 bits per heavy atom. The van der Waals surface area contributed by atoms with Crippen molar-refractivity contribution < 1.29 is 9.90 Å². The van der Waals surface area contributed by atoms with Gasteiger partial charge < -0.3 is 16.2 Å². The fourth-order valence-corrected chi connectivity index (χ4v) is 2.16. The summed E-state index contributed by atoms with van der Waals surface area (Å²) in [6.45, 7) is 3.68. The van der Waals surface area contributed by atoms with Gasteiger partial charge in [-0.2, -0.15) is 0 Å². The molecule has 0 aromatic carbocycles. The standard InChI is InChI=1S/C15H32N2O2/c1-2-3-4-5-6-7-10-13-17-14(15(18)19)11-8-9-12-16/h14,17H,2-13,16H2,1H3,(H,18,19)/t14-/m0/s1. The maximum Gasteiger partial charge on any atom is 0.320 e. The smallest absolute Gasteiger partial charge is 0.320 e. The van der Waals surface area contributed by atoms with Gasteiger partial charge in [0.1, 0.15) is 6.04 Å². The van der Waals surface area contributed by atoms with Gasteiger partial charge in [-0.3, -0.25) is 4.79 Å². The molecule has 0 aliphatic rings. The summed E-state index contributed by atoms with van der Waals surface area (Å²) in [6, 6.07) is -0.397. The van der Waals surface area contributed by atoms with Gasteiger partial charge in [0.05, 0.1) is 0 Å². The van der Waals surface area contributed by atoms with Gasteiger partial charge in [0.15, 0.2) is 0 Å². The van der Waals surface area contributed by atoms with Crippen molar-refractivity contribution >= 4 is 5.97 Å². The molecule has 0 saturated heterocycles. The molecule has 0 radical (unpaired) electrons. The number of hydrogen-bond donors (Lipinski definition) is 3. The Labute approximate surface area is 118 Å². The molecule has 0 aliphatic carbocycles. The maximum absolute atomic E-state index is 11.0. The van der Waals surface area contributed by atoms with E-state index in [2.05, 4.69) is 12.2 Å². The van der Waals surface area contributed by atoms with Crippen LogP contribution in [0.15, 0.2) is 0 Å². The molecule has 0 unspecified atom stereocenters. The van der Waals surface area contributed by atoms with Crippen LogP contribution < -0.4 is 11.1 Å². The first-order chi connectivity index (χ1) is 9.22. The number of hydrogen-bond acceptors (Lipinski definition) is 3. The van der Waals surface area contributed by atoms with E-state index in [0.717, 1.165) is 25.8 Å². The van der Waals surface area contributed by atoms with E-state index in [1.54, 1.807) is 0 Å². The van der Waals surface area contributed by atoms with Crippen LogP contribution in [0.1, 0.15) is 71.1 Å². The number of carboxylic acids is 1. The number of nitrogens with one attached hydrogen (secondary N) is 1. The number of unbranched alkanes of at least 4 members (excludes halogenated alkanes) is 7. The zero-order valence-electron chi connectivity index (χ0n) is 12.5.